The Morgan fingerprint density at radius 3 is 2.52 bits per heavy atom. The highest BCUT2D eigenvalue weighted by atomic mass is 32.2. The van der Waals surface area contributed by atoms with E-state index in [1.807, 2.05) is 0 Å². The molecule has 1 aromatic heterocycles. The minimum Gasteiger partial charge on any atom is -0.337 e. The summed E-state index contributed by atoms with van der Waals surface area (Å²) in [4.78, 5) is 4.77. The van der Waals surface area contributed by atoms with E-state index in [-0.39, 0.29) is 0 Å². The molecule has 0 atom stereocenters. The zero-order valence-corrected chi connectivity index (χ0v) is 16.0. The van der Waals surface area contributed by atoms with E-state index in [4.69, 9.17) is 9.55 Å². The maximum Gasteiger partial charge on any atom is 0.261 e. The Balaban J connectivity index is 0.000000323. The lowest BCUT2D eigenvalue weighted by Crippen LogP contribution is -2.22. The molecule has 1 aliphatic carbocycles. The first-order valence-corrected chi connectivity index (χ1v) is 10.9. The average Bonchev–Trinajstić information content (AvgIpc) is 2.97. The van der Waals surface area contributed by atoms with Crippen molar-refractivity contribution >= 4 is 26.7 Å². The van der Waals surface area contributed by atoms with Gasteiger partial charge >= 0.3 is 0 Å². The van der Waals surface area contributed by atoms with Crippen molar-refractivity contribution < 1.29 is 13.0 Å². The molecule has 2 aromatic carbocycles. The Kier molecular flexibility index (Phi) is 4.61. The summed E-state index contributed by atoms with van der Waals surface area (Å²) in [5.41, 5.74) is 8.29. The van der Waals surface area contributed by atoms with Crippen LogP contribution in [0.4, 0.5) is 0 Å². The number of fused-ring (bicyclic) bond motifs is 3. The lowest BCUT2D eigenvalue weighted by Gasteiger charge is -2.21. The molecule has 0 unspecified atom stereocenters. The van der Waals surface area contributed by atoms with Crippen molar-refractivity contribution in [1.82, 2.24) is 4.57 Å². The highest BCUT2D eigenvalue weighted by molar-refractivity contribution is 7.85. The van der Waals surface area contributed by atoms with Crippen LogP contribution >= 0.6 is 0 Å². The number of aromatic nitrogens is 1. The highest BCUT2D eigenvalue weighted by Gasteiger charge is 2.26. The molecule has 5 rings (SSSR count). The first-order valence-electron chi connectivity index (χ1n) is 9.08. The summed E-state index contributed by atoms with van der Waals surface area (Å²) in [6.45, 7) is 1.96. The van der Waals surface area contributed by atoms with Gasteiger partial charge in [0.25, 0.3) is 10.1 Å². The molecule has 0 fully saturated rings. The first-order chi connectivity index (χ1) is 12.9. The van der Waals surface area contributed by atoms with Crippen LogP contribution in [0.3, 0.4) is 0 Å². The normalized spacial score (nSPS) is 15.6. The number of nitrogens with zero attached hydrogens (tertiary/aromatic N) is 2. The van der Waals surface area contributed by atoms with E-state index in [1.165, 1.54) is 51.8 Å². The molecule has 2 aliphatic rings. The molecule has 2 heterocycles. The lowest BCUT2D eigenvalue weighted by molar-refractivity contribution is 0.490. The molecule has 0 saturated heterocycles. The minimum atomic E-state index is -3.67. The topological polar surface area (TPSA) is 71.7 Å². The number of aliphatic imine (C=N–C) groups is 1. The van der Waals surface area contributed by atoms with Gasteiger partial charge in [0.15, 0.2) is 0 Å². The zero-order chi connectivity index (χ0) is 19.0. The summed E-state index contributed by atoms with van der Waals surface area (Å²) >= 11 is 0. The van der Waals surface area contributed by atoms with E-state index in [1.54, 1.807) is 0 Å². The van der Waals surface area contributed by atoms with Crippen LogP contribution in [0.25, 0.3) is 22.0 Å². The molecule has 0 spiro atoms. The fourth-order valence-electron chi connectivity index (χ4n) is 4.04. The average molecular weight is 382 g/mol. The Bertz CT molecular complexity index is 1120. The van der Waals surface area contributed by atoms with Crippen LogP contribution < -0.4 is 0 Å². The van der Waals surface area contributed by atoms with Crippen molar-refractivity contribution in [3.63, 3.8) is 0 Å². The van der Waals surface area contributed by atoms with E-state index in [9.17, 15) is 8.42 Å². The van der Waals surface area contributed by atoms with E-state index in [0.717, 1.165) is 19.5 Å². The third-order valence-corrected chi connectivity index (χ3v) is 5.02. The predicted octanol–water partition coefficient (Wildman–Crippen LogP) is 3.95. The second-order valence-corrected chi connectivity index (χ2v) is 8.46. The van der Waals surface area contributed by atoms with E-state index in [2.05, 4.69) is 53.1 Å². The predicted molar refractivity (Wildman–Crippen MR) is 109 cm³/mol. The second-order valence-electron chi connectivity index (χ2n) is 6.99. The molecule has 1 aliphatic heterocycles. The van der Waals surface area contributed by atoms with Crippen LogP contribution in [0.15, 0.2) is 53.5 Å². The van der Waals surface area contributed by atoms with Gasteiger partial charge in [-0.25, -0.2) is 0 Å². The molecule has 140 valence electrons. The van der Waals surface area contributed by atoms with Gasteiger partial charge in [0.05, 0.1) is 24.2 Å². The Morgan fingerprint density at radius 2 is 1.78 bits per heavy atom. The Labute approximate surface area is 159 Å². The fraction of sp³-hybridized carbons (Fsp3) is 0.286. The summed E-state index contributed by atoms with van der Waals surface area (Å²) in [6.07, 6.45) is 4.29. The second kappa shape index (κ2) is 6.94. The molecule has 27 heavy (non-hydrogen) atoms. The van der Waals surface area contributed by atoms with Gasteiger partial charge in [-0.05, 0) is 48.1 Å². The lowest BCUT2D eigenvalue weighted by atomic mass is 9.92. The third kappa shape index (κ3) is 3.68. The van der Waals surface area contributed by atoms with Gasteiger partial charge in [0.1, 0.15) is 0 Å². The van der Waals surface area contributed by atoms with Crippen molar-refractivity contribution in [2.24, 2.45) is 4.99 Å². The van der Waals surface area contributed by atoms with Crippen LogP contribution in [-0.2, 0) is 23.1 Å². The van der Waals surface area contributed by atoms with Gasteiger partial charge in [-0.2, -0.15) is 8.42 Å². The summed E-state index contributed by atoms with van der Waals surface area (Å²) < 4.78 is 28.4. The van der Waals surface area contributed by atoms with Gasteiger partial charge in [0.2, 0.25) is 0 Å². The number of hydrogen-bond acceptors (Lipinski definition) is 3. The number of aryl methyl sites for hydroxylation is 1. The van der Waals surface area contributed by atoms with E-state index < -0.39 is 10.1 Å². The van der Waals surface area contributed by atoms with Gasteiger partial charge in [-0.1, -0.05) is 36.4 Å². The molecule has 0 saturated carbocycles. The van der Waals surface area contributed by atoms with Crippen LogP contribution in [-0.4, -0.2) is 36.0 Å². The Hall–Kier alpha value is -2.44. The largest absolute Gasteiger partial charge is 0.337 e. The monoisotopic (exact) mass is 382 g/mol. The zero-order valence-electron chi connectivity index (χ0n) is 15.2. The van der Waals surface area contributed by atoms with Crippen molar-refractivity contribution in [1.29, 1.82) is 0 Å². The van der Waals surface area contributed by atoms with Crippen molar-refractivity contribution in [2.75, 3.05) is 12.8 Å². The number of benzene rings is 2. The fourth-order valence-corrected chi connectivity index (χ4v) is 4.04. The molecule has 0 amide bonds. The molecular formula is C21H22N2O3S. The van der Waals surface area contributed by atoms with Crippen LogP contribution in [0.1, 0.15) is 24.1 Å². The standard InChI is InChI=1S/C20H18N2.CH4O3S/c1-2-5-14(6-3-1)15-9-10-19-17(13-15)16-7-4-8-18-20(16)22(19)12-11-21-18;1-5(2,3)4/h1-3,5-6,9-10,13H,4,7-8,11-12H2;1H3,(H,2,3,4). The SMILES string of the molecule is CS(=O)(=O)O.c1ccc(-c2ccc3c(c2)c2c4n3CCN=C4CCC2)cc1. The summed E-state index contributed by atoms with van der Waals surface area (Å²) in [7, 11) is -3.67. The number of hydrogen-bond donors (Lipinski definition) is 1. The smallest absolute Gasteiger partial charge is 0.261 e. The molecule has 0 radical (unpaired) electrons. The van der Waals surface area contributed by atoms with Crippen molar-refractivity contribution in [3.8, 4) is 11.1 Å². The molecular weight excluding hydrogens is 360 g/mol. The maximum absolute atomic E-state index is 9.19. The van der Waals surface area contributed by atoms with Crippen LogP contribution in [0.2, 0.25) is 0 Å². The third-order valence-electron chi connectivity index (χ3n) is 5.02. The minimum absolute atomic E-state index is 0.715. The van der Waals surface area contributed by atoms with Crippen molar-refractivity contribution in [3.05, 3.63) is 59.8 Å². The molecule has 3 aromatic rings. The van der Waals surface area contributed by atoms with Gasteiger partial charge in [-0.15, -0.1) is 0 Å². The quantitative estimate of drug-likeness (QED) is 0.648. The molecule has 5 nitrogen and oxygen atoms in total. The highest BCUT2D eigenvalue weighted by Crippen LogP contribution is 2.36. The van der Waals surface area contributed by atoms with Crippen LogP contribution in [0.5, 0.6) is 0 Å². The summed E-state index contributed by atoms with van der Waals surface area (Å²) in [5.74, 6) is 0. The first kappa shape index (κ1) is 17.9. The molecule has 0 bridgehead atoms. The van der Waals surface area contributed by atoms with Gasteiger partial charge in [0, 0.05) is 17.4 Å². The van der Waals surface area contributed by atoms with Crippen LogP contribution in [0, 0.1) is 0 Å². The summed E-state index contributed by atoms with van der Waals surface area (Å²) in [6, 6.07) is 17.6. The van der Waals surface area contributed by atoms with E-state index in [0.29, 0.717) is 6.26 Å². The Morgan fingerprint density at radius 1 is 1.04 bits per heavy atom. The number of rotatable bonds is 1. The summed E-state index contributed by atoms with van der Waals surface area (Å²) in [5, 5.41) is 1.44. The van der Waals surface area contributed by atoms with E-state index >= 15 is 0 Å². The maximum atomic E-state index is 9.19. The van der Waals surface area contributed by atoms with Gasteiger partial charge < -0.3 is 4.57 Å². The molecule has 1 N–H and O–H groups in total. The van der Waals surface area contributed by atoms with Gasteiger partial charge in [-0.3, -0.25) is 9.55 Å². The van der Waals surface area contributed by atoms with Crippen molar-refractivity contribution in [2.45, 2.75) is 25.8 Å². The molecule has 6 heteroatoms.